The molecule has 1 aromatic carbocycles. The molecule has 0 saturated carbocycles. The Kier molecular flexibility index (Phi) is 2.74. The largest absolute Gasteiger partial charge is 0.493 e. The van der Waals surface area contributed by atoms with Crippen molar-refractivity contribution in [2.75, 3.05) is 12.8 Å². The zero-order chi connectivity index (χ0) is 13.6. The number of anilines is 1. The second kappa shape index (κ2) is 4.31. The number of hydrogen-bond donors (Lipinski definition) is 1. The lowest BCUT2D eigenvalue weighted by Gasteiger charge is -2.06. The molecule has 0 fully saturated rings. The van der Waals surface area contributed by atoms with Crippen LogP contribution >= 0.6 is 15.9 Å². The first-order valence-electron chi connectivity index (χ1n) is 5.59. The second-order valence-corrected chi connectivity index (χ2v) is 4.95. The standard InChI is InChI=1S/C13H11BrN2O3/c1-6-3-8-12(14)7(9-5-11(15)19-16-9)4-10(17-2)13(8)18-6/h3-5H,15H2,1-2H3. The van der Waals surface area contributed by atoms with Crippen molar-refractivity contribution in [3.05, 3.63) is 28.4 Å². The Bertz CT molecular complexity index is 761. The maximum absolute atomic E-state index is 5.64. The molecule has 0 bridgehead atoms. The summed E-state index contributed by atoms with van der Waals surface area (Å²) in [5.41, 5.74) is 7.74. The van der Waals surface area contributed by atoms with Gasteiger partial charge in [0.1, 0.15) is 11.5 Å². The molecule has 0 aliphatic rings. The Labute approximate surface area is 117 Å². The van der Waals surface area contributed by atoms with Gasteiger partial charge in [0.05, 0.1) is 7.11 Å². The van der Waals surface area contributed by atoms with Gasteiger partial charge in [0.2, 0.25) is 5.88 Å². The molecule has 2 N–H and O–H groups in total. The van der Waals surface area contributed by atoms with Crippen molar-refractivity contribution in [3.8, 4) is 17.0 Å². The molecule has 0 aliphatic carbocycles. The Balaban J connectivity index is 2.33. The van der Waals surface area contributed by atoms with Crippen molar-refractivity contribution in [1.82, 2.24) is 5.16 Å². The number of aryl methyl sites for hydroxylation is 1. The van der Waals surface area contributed by atoms with E-state index in [2.05, 4.69) is 21.1 Å². The number of aromatic nitrogens is 1. The van der Waals surface area contributed by atoms with E-state index in [0.717, 1.165) is 21.2 Å². The summed E-state index contributed by atoms with van der Waals surface area (Å²) in [5.74, 6) is 1.72. The molecule has 6 heteroatoms. The lowest BCUT2D eigenvalue weighted by atomic mass is 10.1. The molecular formula is C13H11BrN2O3. The van der Waals surface area contributed by atoms with E-state index in [0.29, 0.717) is 17.0 Å². The number of benzene rings is 1. The Morgan fingerprint density at radius 3 is 2.74 bits per heavy atom. The number of nitrogens with zero attached hydrogens (tertiary/aromatic N) is 1. The van der Waals surface area contributed by atoms with Gasteiger partial charge in [0.15, 0.2) is 11.3 Å². The van der Waals surface area contributed by atoms with Gasteiger partial charge in [-0.2, -0.15) is 0 Å². The quantitative estimate of drug-likeness (QED) is 0.777. The van der Waals surface area contributed by atoms with Crippen LogP contribution in [0.5, 0.6) is 5.75 Å². The Morgan fingerprint density at radius 1 is 1.32 bits per heavy atom. The van der Waals surface area contributed by atoms with E-state index >= 15 is 0 Å². The summed E-state index contributed by atoms with van der Waals surface area (Å²) in [7, 11) is 1.60. The lowest BCUT2D eigenvalue weighted by molar-refractivity contribution is 0.408. The number of fused-ring (bicyclic) bond motifs is 1. The van der Waals surface area contributed by atoms with Crippen LogP contribution in [0.15, 0.2) is 31.6 Å². The summed E-state index contributed by atoms with van der Waals surface area (Å²) in [6, 6.07) is 5.44. The second-order valence-electron chi connectivity index (χ2n) is 4.15. The minimum atomic E-state index is 0.268. The number of hydrogen-bond acceptors (Lipinski definition) is 5. The molecule has 2 heterocycles. The number of nitrogen functional groups attached to an aromatic ring is 1. The van der Waals surface area contributed by atoms with Gasteiger partial charge >= 0.3 is 0 Å². The minimum Gasteiger partial charge on any atom is -0.493 e. The number of methoxy groups -OCH3 is 1. The summed E-state index contributed by atoms with van der Waals surface area (Å²) >= 11 is 3.57. The van der Waals surface area contributed by atoms with Crippen molar-refractivity contribution in [1.29, 1.82) is 0 Å². The molecular weight excluding hydrogens is 312 g/mol. The smallest absolute Gasteiger partial charge is 0.222 e. The summed E-state index contributed by atoms with van der Waals surface area (Å²) < 4.78 is 16.8. The van der Waals surface area contributed by atoms with Gasteiger partial charge in [-0.1, -0.05) is 5.16 Å². The number of nitrogens with two attached hydrogens (primary N) is 1. The number of halogens is 1. The predicted octanol–water partition coefficient (Wildman–Crippen LogP) is 3.75. The summed E-state index contributed by atoms with van der Waals surface area (Å²) in [6.45, 7) is 1.89. The van der Waals surface area contributed by atoms with E-state index < -0.39 is 0 Å². The van der Waals surface area contributed by atoms with Gasteiger partial charge in [0, 0.05) is 21.5 Å². The molecule has 0 atom stereocenters. The highest BCUT2D eigenvalue weighted by Crippen LogP contribution is 2.41. The topological polar surface area (TPSA) is 74.4 Å². The molecule has 19 heavy (non-hydrogen) atoms. The van der Waals surface area contributed by atoms with Crippen LogP contribution in [0.2, 0.25) is 0 Å². The first-order valence-corrected chi connectivity index (χ1v) is 6.38. The normalized spacial score (nSPS) is 11.1. The van der Waals surface area contributed by atoms with Crippen molar-refractivity contribution >= 4 is 32.8 Å². The van der Waals surface area contributed by atoms with Crippen LogP contribution in [-0.4, -0.2) is 12.3 Å². The predicted molar refractivity (Wildman–Crippen MR) is 75.1 cm³/mol. The SMILES string of the molecule is COc1cc(-c2cc(N)on2)c(Br)c2cc(C)oc12. The van der Waals surface area contributed by atoms with Gasteiger partial charge < -0.3 is 19.4 Å². The molecule has 3 rings (SSSR count). The van der Waals surface area contributed by atoms with Gasteiger partial charge in [-0.3, -0.25) is 0 Å². The molecule has 0 unspecified atom stereocenters. The summed E-state index contributed by atoms with van der Waals surface area (Å²) in [4.78, 5) is 0. The van der Waals surface area contributed by atoms with Crippen LogP contribution in [0.1, 0.15) is 5.76 Å². The third-order valence-corrected chi connectivity index (χ3v) is 3.71. The Hall–Kier alpha value is -1.95. The monoisotopic (exact) mass is 322 g/mol. The fourth-order valence-corrected chi connectivity index (χ4v) is 2.63. The highest BCUT2D eigenvalue weighted by Gasteiger charge is 2.18. The molecule has 0 saturated heterocycles. The maximum atomic E-state index is 5.64. The van der Waals surface area contributed by atoms with E-state index in [4.69, 9.17) is 19.4 Å². The van der Waals surface area contributed by atoms with Gasteiger partial charge in [-0.15, -0.1) is 0 Å². The summed E-state index contributed by atoms with van der Waals surface area (Å²) in [6.07, 6.45) is 0. The molecule has 0 amide bonds. The first kappa shape index (κ1) is 12.1. The average Bonchev–Trinajstić information content (AvgIpc) is 2.96. The molecule has 5 nitrogen and oxygen atoms in total. The van der Waals surface area contributed by atoms with Gasteiger partial charge in [0.25, 0.3) is 0 Å². The van der Waals surface area contributed by atoms with Crippen LogP contribution in [0.25, 0.3) is 22.2 Å². The van der Waals surface area contributed by atoms with Crippen molar-refractivity contribution in [3.63, 3.8) is 0 Å². The molecule has 3 aromatic rings. The third-order valence-electron chi connectivity index (χ3n) is 2.85. The Morgan fingerprint density at radius 2 is 2.11 bits per heavy atom. The van der Waals surface area contributed by atoms with Crippen LogP contribution in [0.3, 0.4) is 0 Å². The fourth-order valence-electron chi connectivity index (χ4n) is 2.02. The van der Waals surface area contributed by atoms with E-state index in [9.17, 15) is 0 Å². The van der Waals surface area contributed by atoms with Crippen LogP contribution < -0.4 is 10.5 Å². The van der Waals surface area contributed by atoms with Crippen molar-refractivity contribution < 1.29 is 13.7 Å². The van der Waals surface area contributed by atoms with Crippen LogP contribution in [0.4, 0.5) is 5.88 Å². The van der Waals surface area contributed by atoms with Gasteiger partial charge in [-0.25, -0.2) is 0 Å². The number of furan rings is 1. The van der Waals surface area contributed by atoms with Crippen LogP contribution in [-0.2, 0) is 0 Å². The zero-order valence-electron chi connectivity index (χ0n) is 10.4. The highest BCUT2D eigenvalue weighted by atomic mass is 79.9. The zero-order valence-corrected chi connectivity index (χ0v) is 11.9. The number of rotatable bonds is 2. The molecule has 0 radical (unpaired) electrons. The molecule has 0 aliphatic heterocycles. The van der Waals surface area contributed by atoms with Crippen molar-refractivity contribution in [2.24, 2.45) is 0 Å². The van der Waals surface area contributed by atoms with Gasteiger partial charge in [-0.05, 0) is 35.0 Å². The molecule has 98 valence electrons. The van der Waals surface area contributed by atoms with Crippen LogP contribution in [0, 0.1) is 6.92 Å². The van der Waals surface area contributed by atoms with E-state index in [1.54, 1.807) is 13.2 Å². The maximum Gasteiger partial charge on any atom is 0.222 e. The average molecular weight is 323 g/mol. The van der Waals surface area contributed by atoms with E-state index in [-0.39, 0.29) is 5.88 Å². The number of ether oxygens (including phenoxy) is 1. The minimum absolute atomic E-state index is 0.268. The fraction of sp³-hybridized carbons (Fsp3) is 0.154. The van der Waals surface area contributed by atoms with E-state index in [1.165, 1.54) is 0 Å². The highest BCUT2D eigenvalue weighted by molar-refractivity contribution is 9.10. The first-order chi connectivity index (χ1) is 9.10. The summed E-state index contributed by atoms with van der Waals surface area (Å²) in [5, 5.41) is 4.84. The van der Waals surface area contributed by atoms with Crippen molar-refractivity contribution in [2.45, 2.75) is 6.92 Å². The molecule has 2 aromatic heterocycles. The third kappa shape index (κ3) is 1.88. The lowest BCUT2D eigenvalue weighted by Crippen LogP contribution is -1.87. The van der Waals surface area contributed by atoms with E-state index in [1.807, 2.05) is 19.1 Å². The molecule has 0 spiro atoms.